The van der Waals surface area contributed by atoms with Gasteiger partial charge in [0.2, 0.25) is 0 Å². The summed E-state index contributed by atoms with van der Waals surface area (Å²) in [5.74, 6) is 0. The van der Waals surface area contributed by atoms with Crippen LogP contribution in [0.1, 0.15) is 85.5 Å². The van der Waals surface area contributed by atoms with Crippen LogP contribution in [0.25, 0.3) is 0 Å². The van der Waals surface area contributed by atoms with Crippen molar-refractivity contribution in [2.75, 3.05) is 0 Å². The van der Waals surface area contributed by atoms with Gasteiger partial charge in [0.05, 0.1) is 6.10 Å². The molecule has 0 saturated heterocycles. The Morgan fingerprint density at radius 2 is 1.25 bits per heavy atom. The Bertz CT molecular complexity index is 146. The van der Waals surface area contributed by atoms with Gasteiger partial charge in [0.15, 0.2) is 0 Å². The lowest BCUT2D eigenvalue weighted by Gasteiger charge is -2.23. The molecule has 0 aromatic carbocycles. The second kappa shape index (κ2) is 9.04. The van der Waals surface area contributed by atoms with Gasteiger partial charge < -0.3 is 0 Å². The van der Waals surface area contributed by atoms with E-state index in [1.807, 2.05) is 0 Å². The molecule has 1 heteroatoms. The Balaban J connectivity index is 3.21. The van der Waals surface area contributed by atoms with E-state index in [-0.39, 0.29) is 11.5 Å². The van der Waals surface area contributed by atoms with Crippen LogP contribution in [-0.4, -0.2) is 6.10 Å². The van der Waals surface area contributed by atoms with E-state index < -0.39 is 0 Å². The van der Waals surface area contributed by atoms with Crippen molar-refractivity contribution in [1.29, 1.82) is 0 Å². The molecule has 16 heavy (non-hydrogen) atoms. The van der Waals surface area contributed by atoms with Gasteiger partial charge in [-0.15, -0.1) is 0 Å². The zero-order valence-corrected chi connectivity index (χ0v) is 11.8. The monoisotopic (exact) mass is 227 g/mol. The zero-order valence-electron chi connectivity index (χ0n) is 11.8. The van der Waals surface area contributed by atoms with Crippen LogP contribution in [0, 0.1) is 5.41 Å². The highest BCUT2D eigenvalue weighted by Gasteiger charge is 2.22. The van der Waals surface area contributed by atoms with Crippen molar-refractivity contribution in [3.05, 3.63) is 0 Å². The number of hydrogen-bond donors (Lipinski definition) is 0. The van der Waals surface area contributed by atoms with Gasteiger partial charge in [0.25, 0.3) is 0 Å². The second-order valence-corrected chi connectivity index (χ2v) is 6.12. The first kappa shape index (κ1) is 16.0. The lowest BCUT2D eigenvalue weighted by atomic mass is 9.86. The molecule has 0 aromatic rings. The summed E-state index contributed by atoms with van der Waals surface area (Å²) in [6.45, 7) is 8.40. The number of rotatable bonds is 9. The molecule has 97 valence electrons. The molecule has 1 unspecified atom stereocenters. The summed E-state index contributed by atoms with van der Waals surface area (Å²) < 4.78 is 0. The maximum atomic E-state index is 11.7. The van der Waals surface area contributed by atoms with Crippen LogP contribution in [0.5, 0.6) is 0 Å². The van der Waals surface area contributed by atoms with Crippen LogP contribution in [-0.2, 0) is 5.11 Å². The number of unbranched alkanes of at least 4 members (excludes halogenated alkanes) is 7. The Morgan fingerprint density at radius 3 is 1.69 bits per heavy atom. The van der Waals surface area contributed by atoms with Crippen LogP contribution < -0.4 is 0 Å². The first-order valence-electron chi connectivity index (χ1n) is 7.14. The highest BCUT2D eigenvalue weighted by atomic mass is 16.3. The smallest absolute Gasteiger partial charge is 0.0978 e. The second-order valence-electron chi connectivity index (χ2n) is 6.12. The molecule has 0 bridgehead atoms. The van der Waals surface area contributed by atoms with Crippen molar-refractivity contribution >= 4 is 0 Å². The van der Waals surface area contributed by atoms with E-state index >= 15 is 0 Å². The fraction of sp³-hybridized carbons (Fsp3) is 1.00. The quantitative estimate of drug-likeness (QED) is 0.472. The standard InChI is InChI=1S/C15H31O/c1-5-6-7-8-9-10-11-12-13-14(16)15(2,3)4/h14H,5-13H2,1-4H3. The molecule has 0 aliphatic heterocycles. The Hall–Kier alpha value is -0.0400. The van der Waals surface area contributed by atoms with Crippen molar-refractivity contribution in [2.45, 2.75) is 91.6 Å². The molecule has 0 aliphatic carbocycles. The molecule has 0 amide bonds. The number of hydrogen-bond acceptors (Lipinski definition) is 0. The summed E-state index contributed by atoms with van der Waals surface area (Å²) in [4.78, 5) is 0. The fourth-order valence-corrected chi connectivity index (χ4v) is 1.90. The van der Waals surface area contributed by atoms with Gasteiger partial charge in [-0.25, -0.2) is 5.11 Å². The van der Waals surface area contributed by atoms with Crippen molar-refractivity contribution in [2.24, 2.45) is 5.41 Å². The molecule has 0 saturated carbocycles. The maximum Gasteiger partial charge on any atom is 0.0978 e. The lowest BCUT2D eigenvalue weighted by Crippen LogP contribution is -2.24. The van der Waals surface area contributed by atoms with E-state index in [1.165, 1.54) is 44.9 Å². The van der Waals surface area contributed by atoms with Crippen molar-refractivity contribution in [3.63, 3.8) is 0 Å². The largest absolute Gasteiger partial charge is 0.233 e. The highest BCUT2D eigenvalue weighted by Crippen LogP contribution is 2.24. The fourth-order valence-electron chi connectivity index (χ4n) is 1.90. The summed E-state index contributed by atoms with van der Waals surface area (Å²) in [5, 5.41) is 11.7. The van der Waals surface area contributed by atoms with E-state index in [0.29, 0.717) is 0 Å². The minimum atomic E-state index is -0.382. The summed E-state index contributed by atoms with van der Waals surface area (Å²) in [7, 11) is 0. The van der Waals surface area contributed by atoms with Crippen LogP contribution in [0.3, 0.4) is 0 Å². The van der Waals surface area contributed by atoms with Crippen LogP contribution in [0.15, 0.2) is 0 Å². The van der Waals surface area contributed by atoms with E-state index in [0.717, 1.165) is 12.8 Å². The Kier molecular flexibility index (Phi) is 9.02. The van der Waals surface area contributed by atoms with Crippen molar-refractivity contribution in [3.8, 4) is 0 Å². The molecular formula is C15H31O. The van der Waals surface area contributed by atoms with Gasteiger partial charge in [-0.3, -0.25) is 0 Å². The van der Waals surface area contributed by atoms with Gasteiger partial charge in [0, 0.05) is 0 Å². The zero-order chi connectivity index (χ0) is 12.4. The van der Waals surface area contributed by atoms with E-state index in [9.17, 15) is 5.11 Å². The molecule has 1 radical (unpaired) electrons. The molecule has 0 N–H and O–H groups in total. The van der Waals surface area contributed by atoms with Crippen LogP contribution >= 0.6 is 0 Å². The average molecular weight is 227 g/mol. The average Bonchev–Trinajstić information content (AvgIpc) is 2.20. The third-order valence-electron chi connectivity index (χ3n) is 3.29. The molecule has 0 aliphatic rings. The summed E-state index contributed by atoms with van der Waals surface area (Å²) >= 11 is 0. The molecule has 1 nitrogen and oxygen atoms in total. The normalized spacial score (nSPS) is 14.1. The van der Waals surface area contributed by atoms with E-state index in [1.54, 1.807) is 0 Å². The molecular weight excluding hydrogens is 196 g/mol. The molecule has 0 heterocycles. The van der Waals surface area contributed by atoms with Gasteiger partial charge in [0.1, 0.15) is 0 Å². The first-order chi connectivity index (χ1) is 7.48. The van der Waals surface area contributed by atoms with E-state index in [2.05, 4.69) is 27.7 Å². The SMILES string of the molecule is CCCCCCCCCCC([O])C(C)(C)C. The molecule has 0 fully saturated rings. The molecule has 0 aromatic heterocycles. The van der Waals surface area contributed by atoms with E-state index in [4.69, 9.17) is 0 Å². The van der Waals surface area contributed by atoms with Crippen LogP contribution in [0.2, 0.25) is 0 Å². The molecule has 0 spiro atoms. The first-order valence-corrected chi connectivity index (χ1v) is 7.14. The van der Waals surface area contributed by atoms with Gasteiger partial charge in [-0.05, 0) is 11.8 Å². The molecule has 0 rings (SSSR count). The Labute approximate surface area is 103 Å². The van der Waals surface area contributed by atoms with Gasteiger partial charge >= 0.3 is 0 Å². The predicted molar refractivity (Wildman–Crippen MR) is 71.2 cm³/mol. The van der Waals surface area contributed by atoms with Gasteiger partial charge in [-0.1, -0.05) is 79.1 Å². The van der Waals surface area contributed by atoms with Crippen molar-refractivity contribution in [1.82, 2.24) is 0 Å². The summed E-state index contributed by atoms with van der Waals surface area (Å²) in [5.41, 5.74) is -0.0544. The minimum Gasteiger partial charge on any atom is -0.233 e. The topological polar surface area (TPSA) is 19.9 Å². The lowest BCUT2D eigenvalue weighted by molar-refractivity contribution is -0.00715. The minimum absolute atomic E-state index is 0.0544. The van der Waals surface area contributed by atoms with Crippen molar-refractivity contribution < 1.29 is 5.11 Å². The Morgan fingerprint density at radius 1 is 0.812 bits per heavy atom. The third kappa shape index (κ3) is 9.21. The summed E-state index contributed by atoms with van der Waals surface area (Å²) in [6.07, 6.45) is 11.0. The molecule has 1 atom stereocenters. The summed E-state index contributed by atoms with van der Waals surface area (Å²) in [6, 6.07) is 0. The predicted octanol–water partition coefficient (Wildman–Crippen LogP) is 5.36. The van der Waals surface area contributed by atoms with Crippen LogP contribution in [0.4, 0.5) is 0 Å². The maximum absolute atomic E-state index is 11.7. The third-order valence-corrected chi connectivity index (χ3v) is 3.29. The highest BCUT2D eigenvalue weighted by molar-refractivity contribution is 4.71. The van der Waals surface area contributed by atoms with Gasteiger partial charge in [-0.2, -0.15) is 0 Å².